The van der Waals surface area contributed by atoms with E-state index in [1.807, 2.05) is 247 Å². The van der Waals surface area contributed by atoms with Gasteiger partial charge in [-0.15, -0.1) is 0 Å². The average Bonchev–Trinajstić information content (AvgIpc) is 0.831. The number of hydrogen-bond acceptors (Lipinski definition) is 32. The van der Waals surface area contributed by atoms with Crippen LogP contribution < -0.4 is 56.8 Å². The van der Waals surface area contributed by atoms with Crippen molar-refractivity contribution in [3.63, 3.8) is 0 Å². The van der Waals surface area contributed by atoms with E-state index in [1.54, 1.807) is 86.7 Å². The maximum absolute atomic E-state index is 12.9. The highest BCUT2D eigenvalue weighted by Gasteiger charge is 2.49. The number of benzene rings is 6. The zero-order valence-electron chi connectivity index (χ0n) is 71.5. The molecule has 6 unspecified atom stereocenters. The largest absolute Gasteiger partial charge is 0.748 e. The predicted molar refractivity (Wildman–Crippen MR) is 562 cm³/mol. The molecule has 6 aromatic carbocycles. The van der Waals surface area contributed by atoms with Crippen molar-refractivity contribution in [2.24, 2.45) is 0 Å². The van der Waals surface area contributed by atoms with E-state index in [9.17, 15) is 162 Å². The maximum Gasteiger partial charge on any atom is 0.514 e. The summed E-state index contributed by atoms with van der Waals surface area (Å²) >= 11 is 21.9. The summed E-state index contributed by atoms with van der Waals surface area (Å²) in [6.07, 6.45) is -45.0. The van der Waals surface area contributed by atoms with Crippen LogP contribution in [-0.4, -0.2) is 223 Å². The van der Waals surface area contributed by atoms with Crippen LogP contribution in [0.5, 0.6) is 69.0 Å². The predicted octanol–water partition coefficient (Wildman–Crippen LogP) is 21.3. The van der Waals surface area contributed by atoms with E-state index in [0.717, 1.165) is 18.4 Å². The Kier molecular flexibility index (Phi) is 56.4. The first-order valence-corrected chi connectivity index (χ1v) is 58.9. The standard InChI is InChI=1S/C14H15F3I2O7S.C13H15F3I2O5S.C12H13F3I2O5S.C12H11F3I2O5S.C11H11F3I2O5S.C11H9F3I2O5S/c1-13(2,3)26-12(20)25-11-8(18)4-7(5-9(11)19)24-10(14(15,16)17)6-27(21,22)23;1-12(2,3)23-11-8(17)4-7(5-9(11)18)22-10(13(14,15)16)6-24(19,20)21;1-6(2)21-11-8(16)3-7(4-9(11)17)22-10(12(13,14)15)5-23(18,19)20;1-2-3-21-11-8(16)4-7(5-9(11)17)22-10(12(13,14)15)6-23(18,19)20;2*1-2-20-10-7(15)3-6(4-8(10)16)21-9(11(12,13)14)5-22(17,18)19/h4-5,10H,6H2,1-3H3,(H,21,22,23);4-5,10H,6H2,1-3H3,(H,19,20,21);3-4,6,10H,5H2,1-2H3,(H,18,19,20);2,4-5,10H,1,3,6H2,(H,18,19,20);3-4,9H,2,5H2,1H3,(H,17,18,19);2-4,9H,1,5H2,(H,17,18,19)/p-6. The van der Waals surface area contributed by atoms with Crippen molar-refractivity contribution < 1.29 is 223 Å². The summed E-state index contributed by atoms with van der Waals surface area (Å²) in [7, 11) is -30.7. The summed E-state index contributed by atoms with van der Waals surface area (Å²) in [6, 6.07) is 14.9. The lowest BCUT2D eigenvalue weighted by molar-refractivity contribution is -0.188. The minimum atomic E-state index is -5.17. The first kappa shape index (κ1) is 138. The van der Waals surface area contributed by atoms with Gasteiger partial charge in [0.1, 0.15) is 75.3 Å². The van der Waals surface area contributed by atoms with Crippen molar-refractivity contribution in [3.05, 3.63) is 141 Å². The van der Waals surface area contributed by atoms with Crippen LogP contribution in [0.4, 0.5) is 83.8 Å². The highest BCUT2D eigenvalue weighted by molar-refractivity contribution is 14.1. The molecule has 32 nitrogen and oxygen atoms in total. The quantitative estimate of drug-likeness (QED) is 0.00678. The molecule has 6 rings (SSSR count). The molecule has 0 amide bonds. The zero-order chi connectivity index (χ0) is 110. The van der Waals surface area contributed by atoms with Crippen molar-refractivity contribution in [2.75, 3.05) is 47.7 Å². The lowest BCUT2D eigenvalue weighted by Gasteiger charge is -2.25. The van der Waals surface area contributed by atoms with Crippen LogP contribution >= 0.6 is 271 Å². The van der Waals surface area contributed by atoms with Crippen LogP contribution in [0, 0.1) is 42.8 Å². The molecule has 6 atom stereocenters. The third-order valence-electron chi connectivity index (χ3n) is 14.0. The monoisotopic (exact) mass is 3510 g/mol. The first-order chi connectivity index (χ1) is 63.2. The van der Waals surface area contributed by atoms with E-state index in [4.69, 9.17) is 42.6 Å². The van der Waals surface area contributed by atoms with E-state index in [2.05, 4.69) is 32.1 Å². The van der Waals surface area contributed by atoms with Gasteiger partial charge in [-0.2, -0.15) is 79.0 Å². The van der Waals surface area contributed by atoms with Crippen LogP contribution in [0.1, 0.15) is 62.3 Å². The Morgan fingerprint density at radius 3 is 0.695 bits per heavy atom. The second-order valence-electron chi connectivity index (χ2n) is 28.8. The van der Waals surface area contributed by atoms with Gasteiger partial charge in [0.15, 0.2) is 11.5 Å². The van der Waals surface area contributed by atoms with Gasteiger partial charge in [-0.05, 0) is 406 Å². The molecule has 0 aliphatic heterocycles. The number of alkyl halides is 18. The number of rotatable bonds is 35. The molecule has 141 heavy (non-hydrogen) atoms. The molecule has 0 saturated carbocycles. The molecule has 0 saturated heterocycles. The van der Waals surface area contributed by atoms with Gasteiger partial charge < -0.3 is 88.9 Å². The second kappa shape index (κ2) is 57.7. The summed E-state index contributed by atoms with van der Waals surface area (Å²) in [5.41, 5.74) is -1.31. The lowest BCUT2D eigenvalue weighted by atomic mass is 10.2. The molecule has 0 aromatic heterocycles. The lowest BCUT2D eigenvalue weighted by Crippen LogP contribution is -2.40. The number of hydrogen-bond donors (Lipinski definition) is 0. The molecular weight excluding hydrogens is 3450 g/mol. The van der Waals surface area contributed by atoms with Crippen molar-refractivity contribution in [1.82, 2.24) is 0 Å². The topological polar surface area (TPSA) is 480 Å². The number of halogens is 30. The Balaban J connectivity index is 0.000000847. The molecule has 0 spiro atoms. The number of ether oxygens (including phenoxy) is 13. The van der Waals surface area contributed by atoms with E-state index >= 15 is 0 Å². The Hall–Kier alpha value is -1.17. The molecule has 0 N–H and O–H groups in total. The van der Waals surface area contributed by atoms with E-state index in [0.29, 0.717) is 71.1 Å². The van der Waals surface area contributed by atoms with Gasteiger partial charge in [0, 0.05) is 0 Å². The van der Waals surface area contributed by atoms with Crippen molar-refractivity contribution >= 4 is 338 Å². The molecule has 804 valence electrons. The Bertz CT molecular complexity index is 5850. The average molecular weight is 3510 g/mol. The van der Waals surface area contributed by atoms with E-state index in [1.165, 1.54) is 66.7 Å². The number of carbonyl (C=O) groups excluding carboxylic acids is 1. The molecule has 0 radical (unpaired) electrons. The SMILES string of the molecule is C=CCOc1c(I)cc(OC(CS(=O)(=O)[O-])C(F)(F)F)cc1I.C=COc1c(I)cc(OC(CS(=O)(=O)[O-])C(F)(F)F)cc1I.CC(C)(C)OC(=O)Oc1c(I)cc(OC(CS(=O)(=O)[O-])C(F)(F)F)cc1I.CC(C)(C)Oc1c(I)cc(OC(CS(=O)(=O)[O-])C(F)(F)F)cc1I.CC(C)Oc1c(I)cc(OC(CS(=O)(=O)[O-])C(F)(F)F)cc1I.CCOc1c(I)cc(OC(CS(=O)(=O)[O-])C(F)(F)F)cc1I. The normalized spacial score (nSPS) is 13.8. The Morgan fingerprint density at radius 2 is 0.518 bits per heavy atom. The summed E-state index contributed by atoms with van der Waals surface area (Å²) in [5, 5.41) is 0. The minimum Gasteiger partial charge on any atom is -0.748 e. The molecule has 0 heterocycles. The summed E-state index contributed by atoms with van der Waals surface area (Å²) in [5.74, 6) is -9.25. The van der Waals surface area contributed by atoms with Crippen molar-refractivity contribution in [1.29, 1.82) is 0 Å². The summed E-state index contributed by atoms with van der Waals surface area (Å²) in [4.78, 5) is 11.8. The fraction of sp³-hybridized carbons (Fsp3) is 0.438. The van der Waals surface area contributed by atoms with Crippen LogP contribution in [-0.2, 0) is 65.4 Å². The van der Waals surface area contributed by atoms with Gasteiger partial charge in [-0.1, -0.05) is 19.2 Å². The second-order valence-corrected chi connectivity index (χ2v) is 51.4. The van der Waals surface area contributed by atoms with E-state index in [-0.39, 0.29) is 60.1 Å². The van der Waals surface area contributed by atoms with Crippen LogP contribution in [0.3, 0.4) is 0 Å². The first-order valence-electron chi connectivity index (χ1n) is 36.5. The third-order valence-corrected chi connectivity index (χ3v) is 27.9. The molecule has 0 fully saturated rings. The van der Waals surface area contributed by atoms with Gasteiger partial charge in [-0.25, -0.2) is 55.3 Å². The van der Waals surface area contributed by atoms with Gasteiger partial charge >= 0.3 is 43.2 Å². The Morgan fingerprint density at radius 1 is 0.319 bits per heavy atom. The zero-order valence-corrected chi connectivity index (χ0v) is 102. The smallest absolute Gasteiger partial charge is 0.514 e. The molecule has 6 aromatic rings. The van der Waals surface area contributed by atoms with Crippen molar-refractivity contribution in [3.8, 4) is 69.0 Å². The van der Waals surface area contributed by atoms with E-state index < -0.39 is 186 Å². The van der Waals surface area contributed by atoms with Gasteiger partial charge in [0.25, 0.3) is 0 Å². The van der Waals surface area contributed by atoms with Crippen LogP contribution in [0.25, 0.3) is 0 Å². The highest BCUT2D eigenvalue weighted by atomic mass is 127. The maximum atomic E-state index is 12.9. The van der Waals surface area contributed by atoms with Gasteiger partial charge in [0.2, 0.25) is 36.6 Å². The fourth-order valence-electron chi connectivity index (χ4n) is 8.86. The molecule has 68 heteroatoms. The highest BCUT2D eigenvalue weighted by Crippen LogP contribution is 2.43. The van der Waals surface area contributed by atoms with Gasteiger partial charge in [-0.3, -0.25) is 0 Å². The van der Waals surface area contributed by atoms with Gasteiger partial charge in [0.05, 0.1) is 157 Å². The van der Waals surface area contributed by atoms with Crippen LogP contribution in [0.2, 0.25) is 0 Å². The van der Waals surface area contributed by atoms with Crippen LogP contribution in [0.15, 0.2) is 98.3 Å². The third kappa shape index (κ3) is 57.4. The molecule has 0 aliphatic carbocycles. The molecular formula is C73H68F18I12O32S6-6. The molecule has 0 aliphatic rings. The summed E-state index contributed by atoms with van der Waals surface area (Å²) < 4.78 is 493. The Labute approximate surface area is 958 Å². The fourth-order valence-corrected chi connectivity index (χ4v) is 24.5. The number of carbonyl (C=O) groups is 1. The molecule has 0 bridgehead atoms. The summed E-state index contributed by atoms with van der Waals surface area (Å²) in [6.45, 7) is 23.2. The minimum absolute atomic E-state index is 0.0396. The van der Waals surface area contributed by atoms with Crippen molar-refractivity contribution in [2.45, 2.75) is 153 Å².